The number of carbonyl (C=O) groups excluding carboxylic acids is 1. The highest BCUT2D eigenvalue weighted by Crippen LogP contribution is 2.44. The molecule has 5 nitrogen and oxygen atoms in total. The van der Waals surface area contributed by atoms with Crippen LogP contribution in [0.3, 0.4) is 0 Å². The van der Waals surface area contributed by atoms with Crippen LogP contribution in [-0.4, -0.2) is 52.7 Å². The summed E-state index contributed by atoms with van der Waals surface area (Å²) in [6, 6.07) is 2.30. The lowest BCUT2D eigenvalue weighted by Gasteiger charge is -2.41. The first-order valence-corrected chi connectivity index (χ1v) is 10.7. The minimum Gasteiger partial charge on any atom is -0.393 e. The second-order valence-corrected chi connectivity index (χ2v) is 9.25. The van der Waals surface area contributed by atoms with Crippen molar-refractivity contribution in [2.45, 2.75) is 57.1 Å². The molecule has 3 fully saturated rings. The van der Waals surface area contributed by atoms with Crippen molar-refractivity contribution in [2.75, 3.05) is 24.5 Å². The van der Waals surface area contributed by atoms with Gasteiger partial charge < -0.3 is 14.9 Å². The number of nitrogens with zero attached hydrogens (tertiary/aromatic N) is 3. The lowest BCUT2D eigenvalue weighted by atomic mass is 9.78. The maximum absolute atomic E-state index is 13.4. The molecule has 0 aromatic carbocycles. The smallest absolute Gasteiger partial charge is 0.230 e. The van der Waals surface area contributed by atoms with E-state index in [2.05, 4.69) is 30.7 Å². The maximum Gasteiger partial charge on any atom is 0.230 e. The average molecular weight is 443 g/mol. The molecule has 3 aliphatic rings. The van der Waals surface area contributed by atoms with Gasteiger partial charge in [-0.15, -0.1) is 0 Å². The van der Waals surface area contributed by atoms with E-state index in [1.54, 1.807) is 6.20 Å². The van der Waals surface area contributed by atoms with Crippen LogP contribution in [0.2, 0.25) is 5.15 Å². The molecule has 1 spiro atoms. The quantitative estimate of drug-likeness (QED) is 0.711. The first kappa shape index (κ1) is 18.5. The minimum absolute atomic E-state index is 0.186. The number of pyridine rings is 1. The Morgan fingerprint density at radius 1 is 1.23 bits per heavy atom. The van der Waals surface area contributed by atoms with E-state index in [9.17, 15) is 9.90 Å². The number of halogens is 2. The summed E-state index contributed by atoms with van der Waals surface area (Å²) in [5, 5.41) is 10.2. The number of aromatic nitrogens is 1. The largest absolute Gasteiger partial charge is 0.393 e. The Morgan fingerprint density at radius 3 is 2.77 bits per heavy atom. The third-order valence-electron chi connectivity index (χ3n) is 6.36. The lowest BCUT2D eigenvalue weighted by molar-refractivity contribution is -0.139. The molecule has 1 aromatic heterocycles. The zero-order valence-corrected chi connectivity index (χ0v) is 17.2. The fourth-order valence-electron chi connectivity index (χ4n) is 4.92. The van der Waals surface area contributed by atoms with Gasteiger partial charge in [-0.2, -0.15) is 0 Å². The SMILES string of the molecule is O=C1N(C2CCC(O)CC2)CCC12CCCN(c1cc(Br)cnc1Cl)C2. The number of aliphatic hydroxyl groups excluding tert-OH is 1. The van der Waals surface area contributed by atoms with Crippen LogP contribution in [0.4, 0.5) is 5.69 Å². The molecule has 1 saturated carbocycles. The van der Waals surface area contributed by atoms with Crippen LogP contribution in [0.15, 0.2) is 16.7 Å². The van der Waals surface area contributed by atoms with Gasteiger partial charge in [0.25, 0.3) is 0 Å². The zero-order valence-electron chi connectivity index (χ0n) is 14.8. The van der Waals surface area contributed by atoms with Crippen molar-refractivity contribution < 1.29 is 9.90 Å². The van der Waals surface area contributed by atoms with E-state index >= 15 is 0 Å². The predicted octanol–water partition coefficient (Wildman–Crippen LogP) is 3.62. The molecule has 26 heavy (non-hydrogen) atoms. The number of anilines is 1. The molecule has 1 aromatic rings. The van der Waals surface area contributed by atoms with Crippen LogP contribution < -0.4 is 4.90 Å². The number of likely N-dealkylation sites (tertiary alicyclic amines) is 1. The standard InChI is InChI=1S/C19H25BrClN3O2/c20-13-10-16(17(21)22-11-13)23-8-1-6-19(12-23)7-9-24(18(19)26)14-2-4-15(25)5-3-14/h10-11,14-15,25H,1-9,12H2. The van der Waals surface area contributed by atoms with Gasteiger partial charge in [0.1, 0.15) is 0 Å². The zero-order chi connectivity index (χ0) is 18.3. The number of piperidine rings is 1. The van der Waals surface area contributed by atoms with Crippen molar-refractivity contribution in [1.82, 2.24) is 9.88 Å². The summed E-state index contributed by atoms with van der Waals surface area (Å²) in [6.45, 7) is 2.47. The molecule has 2 saturated heterocycles. The number of carbonyl (C=O) groups is 1. The molecule has 3 heterocycles. The molecule has 7 heteroatoms. The Morgan fingerprint density at radius 2 is 2.00 bits per heavy atom. The lowest BCUT2D eigenvalue weighted by Crippen LogP contribution is -2.50. The van der Waals surface area contributed by atoms with Crippen LogP contribution in [0.1, 0.15) is 44.9 Å². The maximum atomic E-state index is 13.4. The summed E-state index contributed by atoms with van der Waals surface area (Å²) >= 11 is 9.81. The first-order valence-electron chi connectivity index (χ1n) is 9.54. The van der Waals surface area contributed by atoms with Crippen LogP contribution in [-0.2, 0) is 4.79 Å². The van der Waals surface area contributed by atoms with Crippen molar-refractivity contribution in [3.05, 3.63) is 21.9 Å². The molecule has 4 rings (SSSR count). The van der Waals surface area contributed by atoms with E-state index in [1.807, 2.05) is 6.07 Å². The van der Waals surface area contributed by atoms with Gasteiger partial charge in [0.2, 0.25) is 5.91 Å². The molecule has 1 unspecified atom stereocenters. The summed E-state index contributed by atoms with van der Waals surface area (Å²) in [5.41, 5.74) is 0.618. The predicted molar refractivity (Wildman–Crippen MR) is 105 cm³/mol. The second-order valence-electron chi connectivity index (χ2n) is 7.98. The Labute approximate surface area is 167 Å². The number of hydrogen-bond acceptors (Lipinski definition) is 4. The van der Waals surface area contributed by atoms with Gasteiger partial charge in [-0.3, -0.25) is 4.79 Å². The van der Waals surface area contributed by atoms with Crippen molar-refractivity contribution in [3.63, 3.8) is 0 Å². The van der Waals surface area contributed by atoms with Crippen molar-refractivity contribution in [3.8, 4) is 0 Å². The van der Waals surface area contributed by atoms with E-state index in [0.717, 1.165) is 74.7 Å². The summed E-state index contributed by atoms with van der Waals surface area (Å²) < 4.78 is 0.900. The van der Waals surface area contributed by atoms with Gasteiger partial charge in [-0.05, 0) is 66.9 Å². The third kappa shape index (κ3) is 3.36. The van der Waals surface area contributed by atoms with Gasteiger partial charge in [0, 0.05) is 36.3 Å². The molecule has 0 bridgehead atoms. The molecule has 142 valence electrons. The highest BCUT2D eigenvalue weighted by atomic mass is 79.9. The highest BCUT2D eigenvalue weighted by Gasteiger charge is 2.50. The number of aliphatic hydroxyl groups is 1. The van der Waals surface area contributed by atoms with Crippen LogP contribution in [0, 0.1) is 5.41 Å². The van der Waals surface area contributed by atoms with E-state index in [-0.39, 0.29) is 11.5 Å². The molecular weight excluding hydrogens is 418 g/mol. The van der Waals surface area contributed by atoms with Crippen molar-refractivity contribution in [2.24, 2.45) is 5.41 Å². The Kier molecular flexibility index (Phi) is 5.19. The van der Waals surface area contributed by atoms with E-state index in [4.69, 9.17) is 11.6 Å². The van der Waals surface area contributed by atoms with Crippen LogP contribution in [0.25, 0.3) is 0 Å². The molecular formula is C19H25BrClN3O2. The van der Waals surface area contributed by atoms with E-state index in [0.29, 0.717) is 17.1 Å². The Bertz CT molecular complexity index is 695. The number of rotatable bonds is 2. The summed E-state index contributed by atoms with van der Waals surface area (Å²) in [4.78, 5) is 22.0. The molecule has 2 aliphatic heterocycles. The Balaban J connectivity index is 1.51. The summed E-state index contributed by atoms with van der Waals surface area (Å²) in [5.74, 6) is 0.308. The fraction of sp³-hybridized carbons (Fsp3) is 0.684. The number of amides is 1. The fourth-order valence-corrected chi connectivity index (χ4v) is 5.46. The van der Waals surface area contributed by atoms with E-state index in [1.165, 1.54) is 0 Å². The van der Waals surface area contributed by atoms with Gasteiger partial charge in [-0.1, -0.05) is 11.6 Å². The molecule has 1 amide bonds. The number of hydrogen-bond donors (Lipinski definition) is 1. The van der Waals surface area contributed by atoms with Crippen molar-refractivity contribution >= 4 is 39.1 Å². The van der Waals surface area contributed by atoms with E-state index < -0.39 is 0 Å². The third-order valence-corrected chi connectivity index (χ3v) is 7.08. The average Bonchev–Trinajstić information content (AvgIpc) is 2.94. The Hall–Kier alpha value is -0.850. The second kappa shape index (κ2) is 7.28. The molecule has 1 atom stereocenters. The van der Waals surface area contributed by atoms with Gasteiger partial charge >= 0.3 is 0 Å². The monoisotopic (exact) mass is 441 g/mol. The van der Waals surface area contributed by atoms with Crippen molar-refractivity contribution in [1.29, 1.82) is 0 Å². The van der Waals surface area contributed by atoms with Crippen LogP contribution in [0.5, 0.6) is 0 Å². The normalized spacial score (nSPS) is 32.5. The summed E-state index contributed by atoms with van der Waals surface area (Å²) in [6.07, 6.45) is 7.85. The van der Waals surface area contributed by atoms with Gasteiger partial charge in [0.15, 0.2) is 5.15 Å². The topological polar surface area (TPSA) is 56.7 Å². The van der Waals surface area contributed by atoms with Gasteiger partial charge in [-0.25, -0.2) is 4.98 Å². The van der Waals surface area contributed by atoms with Gasteiger partial charge in [0.05, 0.1) is 17.2 Å². The van der Waals surface area contributed by atoms with Crippen LogP contribution >= 0.6 is 27.5 Å². The molecule has 0 radical (unpaired) electrons. The summed E-state index contributed by atoms with van der Waals surface area (Å²) in [7, 11) is 0. The molecule has 1 aliphatic carbocycles. The first-order chi connectivity index (χ1) is 12.5. The minimum atomic E-state index is -0.292. The highest BCUT2D eigenvalue weighted by molar-refractivity contribution is 9.10. The molecule has 1 N–H and O–H groups in total.